The van der Waals surface area contributed by atoms with Crippen molar-refractivity contribution in [3.63, 3.8) is 0 Å². The summed E-state index contributed by atoms with van der Waals surface area (Å²) in [6.07, 6.45) is 0. The van der Waals surface area contributed by atoms with Crippen molar-refractivity contribution in [2.24, 2.45) is 4.99 Å². The topological polar surface area (TPSA) is 47.9 Å². The second kappa shape index (κ2) is 8.17. The summed E-state index contributed by atoms with van der Waals surface area (Å²) in [7, 11) is 0. The van der Waals surface area contributed by atoms with Crippen molar-refractivity contribution in [3.05, 3.63) is 34.3 Å². The molecular formula is C16H23BrN4O. The number of nitrogens with one attached hydrogen (secondary N) is 1. The number of hydrogen-bond donors (Lipinski definition) is 1. The van der Waals surface area contributed by atoms with Gasteiger partial charge in [0, 0.05) is 44.1 Å². The summed E-state index contributed by atoms with van der Waals surface area (Å²) in [6, 6.07) is 8.21. The number of guanidine groups is 1. The second-order valence-electron chi connectivity index (χ2n) is 5.29. The molecule has 1 fully saturated rings. The maximum atomic E-state index is 11.4. The molecule has 0 bridgehead atoms. The number of carbonyl (C=O) groups is 1. The minimum absolute atomic E-state index is 0.149. The van der Waals surface area contributed by atoms with Crippen LogP contribution in [0.2, 0.25) is 0 Å². The first-order chi connectivity index (χ1) is 10.6. The van der Waals surface area contributed by atoms with Crippen LogP contribution in [0.4, 0.5) is 0 Å². The zero-order valence-corrected chi connectivity index (χ0v) is 14.8. The molecule has 0 spiro atoms. The fourth-order valence-electron chi connectivity index (χ4n) is 2.41. The molecule has 1 aromatic rings. The number of halogens is 1. The van der Waals surface area contributed by atoms with Crippen LogP contribution >= 0.6 is 15.9 Å². The zero-order valence-electron chi connectivity index (χ0n) is 13.2. The number of rotatable bonds is 3. The van der Waals surface area contributed by atoms with Crippen LogP contribution in [0.3, 0.4) is 0 Å². The van der Waals surface area contributed by atoms with Crippen molar-refractivity contribution in [3.8, 4) is 0 Å². The van der Waals surface area contributed by atoms with E-state index in [2.05, 4.69) is 45.2 Å². The Morgan fingerprint density at radius 2 is 1.77 bits per heavy atom. The fourth-order valence-corrected chi connectivity index (χ4v) is 2.68. The molecule has 1 N–H and O–H groups in total. The lowest BCUT2D eigenvalue weighted by molar-refractivity contribution is -0.130. The van der Waals surface area contributed by atoms with E-state index in [1.54, 1.807) is 6.92 Å². The molecular weight excluding hydrogens is 344 g/mol. The maximum absolute atomic E-state index is 11.4. The number of hydrogen-bond acceptors (Lipinski definition) is 2. The summed E-state index contributed by atoms with van der Waals surface area (Å²) in [5.41, 5.74) is 1.18. The molecule has 5 nitrogen and oxygen atoms in total. The quantitative estimate of drug-likeness (QED) is 0.657. The molecule has 1 aliphatic heterocycles. The molecule has 1 heterocycles. The summed E-state index contributed by atoms with van der Waals surface area (Å²) in [6.45, 7) is 8.37. The van der Waals surface area contributed by atoms with Gasteiger partial charge in [-0.05, 0) is 24.6 Å². The summed E-state index contributed by atoms with van der Waals surface area (Å²) in [5, 5.41) is 3.34. The molecule has 0 aromatic heterocycles. The van der Waals surface area contributed by atoms with Gasteiger partial charge in [0.1, 0.15) is 0 Å². The van der Waals surface area contributed by atoms with Gasteiger partial charge >= 0.3 is 0 Å². The zero-order chi connectivity index (χ0) is 15.9. The van der Waals surface area contributed by atoms with E-state index in [0.29, 0.717) is 6.54 Å². The molecule has 1 saturated heterocycles. The third-order valence-electron chi connectivity index (χ3n) is 3.68. The van der Waals surface area contributed by atoms with E-state index in [1.165, 1.54) is 5.56 Å². The number of benzene rings is 1. The van der Waals surface area contributed by atoms with Crippen LogP contribution in [-0.2, 0) is 11.3 Å². The average molecular weight is 367 g/mol. The molecule has 1 aromatic carbocycles. The van der Waals surface area contributed by atoms with Gasteiger partial charge in [-0.25, -0.2) is 4.99 Å². The van der Waals surface area contributed by atoms with E-state index in [4.69, 9.17) is 4.99 Å². The highest BCUT2D eigenvalue weighted by molar-refractivity contribution is 9.10. The van der Waals surface area contributed by atoms with Gasteiger partial charge in [-0.2, -0.15) is 0 Å². The number of carbonyl (C=O) groups excluding carboxylic acids is 1. The largest absolute Gasteiger partial charge is 0.357 e. The van der Waals surface area contributed by atoms with Crippen LogP contribution in [0, 0.1) is 0 Å². The fraction of sp³-hybridized carbons (Fsp3) is 0.500. The summed E-state index contributed by atoms with van der Waals surface area (Å²) < 4.78 is 1.08. The molecule has 6 heteroatoms. The van der Waals surface area contributed by atoms with Gasteiger partial charge < -0.3 is 15.1 Å². The maximum Gasteiger partial charge on any atom is 0.219 e. The highest BCUT2D eigenvalue weighted by atomic mass is 79.9. The lowest BCUT2D eigenvalue weighted by atomic mass is 10.2. The molecule has 0 radical (unpaired) electrons. The third kappa shape index (κ3) is 4.73. The lowest BCUT2D eigenvalue weighted by Gasteiger charge is -2.36. The highest BCUT2D eigenvalue weighted by Crippen LogP contribution is 2.11. The van der Waals surface area contributed by atoms with Crippen LogP contribution in [0.5, 0.6) is 0 Å². The first-order valence-corrected chi connectivity index (χ1v) is 8.42. The molecule has 1 amide bonds. The predicted octanol–water partition coefficient (Wildman–Crippen LogP) is 2.08. The molecule has 22 heavy (non-hydrogen) atoms. The van der Waals surface area contributed by atoms with Gasteiger partial charge in [-0.3, -0.25) is 4.79 Å². The van der Waals surface area contributed by atoms with Crippen LogP contribution in [0.15, 0.2) is 33.7 Å². The Morgan fingerprint density at radius 3 is 2.32 bits per heavy atom. The number of nitrogens with zero attached hydrogens (tertiary/aromatic N) is 3. The lowest BCUT2D eigenvalue weighted by Crippen LogP contribution is -2.53. The van der Waals surface area contributed by atoms with Crippen LogP contribution in [0.25, 0.3) is 0 Å². The summed E-state index contributed by atoms with van der Waals surface area (Å²) in [5.74, 6) is 1.07. The first kappa shape index (κ1) is 16.8. The standard InChI is InChI=1S/C16H23BrN4O/c1-3-18-16(19-12-14-4-6-15(17)7-5-14)21-10-8-20(9-11-21)13(2)22/h4-7H,3,8-12H2,1-2H3,(H,18,19). The molecule has 0 atom stereocenters. The molecule has 1 aliphatic rings. The van der Waals surface area contributed by atoms with Crippen molar-refractivity contribution >= 4 is 27.8 Å². The summed E-state index contributed by atoms with van der Waals surface area (Å²) in [4.78, 5) is 20.2. The molecule has 120 valence electrons. The van der Waals surface area contributed by atoms with Crippen LogP contribution in [-0.4, -0.2) is 54.4 Å². The molecule has 0 unspecified atom stereocenters. The minimum Gasteiger partial charge on any atom is -0.357 e. The number of piperazine rings is 1. The van der Waals surface area contributed by atoms with Gasteiger partial charge in [0.15, 0.2) is 5.96 Å². The third-order valence-corrected chi connectivity index (χ3v) is 4.21. The van der Waals surface area contributed by atoms with Crippen molar-refractivity contribution < 1.29 is 4.79 Å². The Morgan fingerprint density at radius 1 is 1.18 bits per heavy atom. The van der Waals surface area contributed by atoms with Gasteiger partial charge in [0.05, 0.1) is 6.54 Å². The van der Waals surface area contributed by atoms with Crippen molar-refractivity contribution in [1.29, 1.82) is 0 Å². The SMILES string of the molecule is CCNC(=NCc1ccc(Br)cc1)N1CCN(C(C)=O)CC1. The Kier molecular flexibility index (Phi) is 6.24. The Balaban J connectivity index is 1.98. The highest BCUT2D eigenvalue weighted by Gasteiger charge is 2.20. The van der Waals surface area contributed by atoms with Crippen molar-refractivity contribution in [1.82, 2.24) is 15.1 Å². The van der Waals surface area contributed by atoms with E-state index in [1.807, 2.05) is 17.0 Å². The van der Waals surface area contributed by atoms with Crippen LogP contribution in [0.1, 0.15) is 19.4 Å². The van der Waals surface area contributed by atoms with E-state index in [0.717, 1.165) is 43.2 Å². The molecule has 0 saturated carbocycles. The number of amides is 1. The van der Waals surface area contributed by atoms with Gasteiger partial charge in [0.2, 0.25) is 5.91 Å². The van der Waals surface area contributed by atoms with E-state index < -0.39 is 0 Å². The smallest absolute Gasteiger partial charge is 0.219 e. The average Bonchev–Trinajstić information content (AvgIpc) is 2.53. The Hall–Kier alpha value is -1.56. The monoisotopic (exact) mass is 366 g/mol. The van der Waals surface area contributed by atoms with Crippen molar-refractivity contribution in [2.75, 3.05) is 32.7 Å². The minimum atomic E-state index is 0.149. The van der Waals surface area contributed by atoms with E-state index >= 15 is 0 Å². The first-order valence-electron chi connectivity index (χ1n) is 7.63. The van der Waals surface area contributed by atoms with Gasteiger partial charge in [-0.15, -0.1) is 0 Å². The predicted molar refractivity (Wildman–Crippen MR) is 92.8 cm³/mol. The van der Waals surface area contributed by atoms with E-state index in [9.17, 15) is 4.79 Å². The normalized spacial score (nSPS) is 15.9. The van der Waals surface area contributed by atoms with Gasteiger partial charge in [-0.1, -0.05) is 28.1 Å². The summed E-state index contributed by atoms with van der Waals surface area (Å²) >= 11 is 3.44. The van der Waals surface area contributed by atoms with Crippen LogP contribution < -0.4 is 5.32 Å². The Labute approximate surface area is 140 Å². The molecule has 2 rings (SSSR count). The van der Waals surface area contributed by atoms with Crippen molar-refractivity contribution in [2.45, 2.75) is 20.4 Å². The van der Waals surface area contributed by atoms with E-state index in [-0.39, 0.29) is 5.91 Å². The number of aliphatic imine (C=N–C) groups is 1. The van der Waals surface area contributed by atoms with Gasteiger partial charge in [0.25, 0.3) is 0 Å². The Bertz CT molecular complexity index is 521. The molecule has 0 aliphatic carbocycles. The second-order valence-corrected chi connectivity index (χ2v) is 6.21.